The average molecular weight is 208 g/mol. The highest BCUT2D eigenvalue weighted by Crippen LogP contribution is 2.07. The Hall–Kier alpha value is -1.27. The fourth-order valence-corrected chi connectivity index (χ4v) is 1.07. The molecule has 0 aromatic heterocycles. The van der Waals surface area contributed by atoms with Crippen molar-refractivity contribution in [3.8, 4) is 11.8 Å². The van der Waals surface area contributed by atoms with Gasteiger partial charge in [-0.15, -0.1) is 0 Å². The molecule has 0 amide bonds. The van der Waals surface area contributed by atoms with Crippen LogP contribution >= 0.6 is 12.6 Å². The first-order valence-corrected chi connectivity index (χ1v) is 4.75. The van der Waals surface area contributed by atoms with Gasteiger partial charge in [0.1, 0.15) is 5.82 Å². The molecule has 3 heteroatoms. The molecule has 0 saturated carbocycles. The summed E-state index contributed by atoms with van der Waals surface area (Å²) in [6.07, 6.45) is 1.26. The lowest BCUT2D eigenvalue weighted by Gasteiger charge is -1.95. The Balaban J connectivity index is 2.98. The van der Waals surface area contributed by atoms with Gasteiger partial charge in [0.25, 0.3) is 0 Å². The van der Waals surface area contributed by atoms with Gasteiger partial charge in [0, 0.05) is 23.3 Å². The van der Waals surface area contributed by atoms with E-state index >= 15 is 0 Å². The molecule has 0 bridgehead atoms. The number of halogens is 1. The molecule has 0 saturated heterocycles. The minimum absolute atomic E-state index is 0.289. The summed E-state index contributed by atoms with van der Waals surface area (Å²) in [7, 11) is 0. The predicted molar refractivity (Wildman–Crippen MR) is 57.1 cm³/mol. The summed E-state index contributed by atoms with van der Waals surface area (Å²) in [6.45, 7) is 0. The van der Waals surface area contributed by atoms with Gasteiger partial charge >= 0.3 is 0 Å². The third-order valence-electron chi connectivity index (χ3n) is 1.60. The number of benzene rings is 1. The molecule has 0 heterocycles. The highest BCUT2D eigenvalue weighted by molar-refractivity contribution is 7.80. The number of hydrogen-bond donors (Lipinski definition) is 1. The largest absolute Gasteiger partial charge is 0.298 e. The molecule has 1 aromatic rings. The average Bonchev–Trinajstić information content (AvgIpc) is 2.20. The lowest BCUT2D eigenvalue weighted by Crippen LogP contribution is -1.88. The van der Waals surface area contributed by atoms with Crippen molar-refractivity contribution in [1.82, 2.24) is 0 Å². The molecule has 0 spiro atoms. The number of rotatable bonds is 2. The van der Waals surface area contributed by atoms with Gasteiger partial charge in [0.2, 0.25) is 0 Å². The molecule has 1 aromatic carbocycles. The van der Waals surface area contributed by atoms with Crippen LogP contribution in [0.3, 0.4) is 0 Å². The quantitative estimate of drug-likeness (QED) is 0.448. The van der Waals surface area contributed by atoms with Crippen molar-refractivity contribution in [2.45, 2.75) is 6.42 Å². The zero-order valence-electron chi connectivity index (χ0n) is 7.46. The Labute approximate surface area is 87.7 Å². The van der Waals surface area contributed by atoms with Gasteiger partial charge in [0.15, 0.2) is 6.29 Å². The van der Waals surface area contributed by atoms with Gasteiger partial charge in [-0.2, -0.15) is 12.6 Å². The summed E-state index contributed by atoms with van der Waals surface area (Å²) in [5, 5.41) is 0. The lowest BCUT2D eigenvalue weighted by atomic mass is 10.1. The van der Waals surface area contributed by atoms with Crippen molar-refractivity contribution >= 4 is 18.9 Å². The minimum atomic E-state index is -0.424. The van der Waals surface area contributed by atoms with Gasteiger partial charge in [-0.3, -0.25) is 4.79 Å². The lowest BCUT2D eigenvalue weighted by molar-refractivity contribution is 0.112. The molecule has 0 aliphatic heterocycles. The number of hydrogen-bond acceptors (Lipinski definition) is 2. The van der Waals surface area contributed by atoms with Gasteiger partial charge < -0.3 is 0 Å². The Kier molecular flexibility index (Phi) is 4.21. The zero-order valence-corrected chi connectivity index (χ0v) is 8.35. The molecule has 0 fully saturated rings. The summed E-state index contributed by atoms with van der Waals surface area (Å²) in [4.78, 5) is 10.6. The standard InChI is InChI=1S/C11H9FOS/c12-11-5-4-9(3-1-2-6-14)10(7-11)8-13/h4-5,7-8,14H,2,6H2. The van der Waals surface area contributed by atoms with Crippen LogP contribution in [0.1, 0.15) is 22.3 Å². The Bertz CT molecular complexity index is 390. The maximum atomic E-state index is 12.7. The van der Waals surface area contributed by atoms with E-state index in [0.717, 1.165) is 0 Å². The highest BCUT2D eigenvalue weighted by atomic mass is 32.1. The van der Waals surface area contributed by atoms with E-state index in [4.69, 9.17) is 0 Å². The summed E-state index contributed by atoms with van der Waals surface area (Å²) in [5.74, 6) is 5.88. The monoisotopic (exact) mass is 208 g/mol. The summed E-state index contributed by atoms with van der Waals surface area (Å²) in [5.41, 5.74) is 0.847. The van der Waals surface area contributed by atoms with Crippen LogP contribution in [0.5, 0.6) is 0 Å². The van der Waals surface area contributed by atoms with Crippen molar-refractivity contribution < 1.29 is 9.18 Å². The summed E-state index contributed by atoms with van der Waals surface area (Å²) >= 11 is 4.00. The van der Waals surface area contributed by atoms with Crippen LogP contribution in [0.4, 0.5) is 4.39 Å². The molecule has 0 aliphatic rings. The van der Waals surface area contributed by atoms with E-state index in [1.165, 1.54) is 18.2 Å². The van der Waals surface area contributed by atoms with Crippen LogP contribution in [0, 0.1) is 17.7 Å². The third kappa shape index (κ3) is 2.90. The molecule has 1 nitrogen and oxygen atoms in total. The molecule has 0 atom stereocenters. The summed E-state index contributed by atoms with van der Waals surface area (Å²) < 4.78 is 12.7. The first kappa shape index (κ1) is 10.8. The molecule has 1 rings (SSSR count). The predicted octanol–water partition coefficient (Wildman–Crippen LogP) is 2.31. The van der Waals surface area contributed by atoms with E-state index in [1.807, 2.05) is 0 Å². The maximum absolute atomic E-state index is 12.7. The highest BCUT2D eigenvalue weighted by Gasteiger charge is 1.99. The second-order valence-corrected chi connectivity index (χ2v) is 3.07. The number of thiol groups is 1. The van der Waals surface area contributed by atoms with Gasteiger partial charge in [0.05, 0.1) is 0 Å². The van der Waals surface area contributed by atoms with Crippen LogP contribution < -0.4 is 0 Å². The van der Waals surface area contributed by atoms with Crippen molar-refractivity contribution in [3.63, 3.8) is 0 Å². The van der Waals surface area contributed by atoms with E-state index < -0.39 is 5.82 Å². The zero-order chi connectivity index (χ0) is 10.4. The molecule has 14 heavy (non-hydrogen) atoms. The molecule has 0 N–H and O–H groups in total. The van der Waals surface area contributed by atoms with Crippen molar-refractivity contribution in [2.75, 3.05) is 5.75 Å². The second kappa shape index (κ2) is 5.46. The van der Waals surface area contributed by atoms with Crippen LogP contribution in [0.2, 0.25) is 0 Å². The van der Waals surface area contributed by atoms with E-state index in [-0.39, 0.29) is 5.56 Å². The second-order valence-electron chi connectivity index (χ2n) is 2.62. The smallest absolute Gasteiger partial charge is 0.151 e. The molecular weight excluding hydrogens is 199 g/mol. The summed E-state index contributed by atoms with van der Waals surface area (Å²) in [6, 6.07) is 3.97. The molecule has 0 radical (unpaired) electrons. The van der Waals surface area contributed by atoms with Gasteiger partial charge in [-0.05, 0) is 18.2 Å². The third-order valence-corrected chi connectivity index (χ3v) is 1.82. The number of carbonyl (C=O) groups excluding carboxylic acids is 1. The number of aldehydes is 1. The van der Waals surface area contributed by atoms with Crippen molar-refractivity contribution in [3.05, 3.63) is 35.1 Å². The first-order valence-electron chi connectivity index (χ1n) is 4.12. The normalized spacial score (nSPS) is 9.00. The van der Waals surface area contributed by atoms with Crippen LogP contribution in [-0.4, -0.2) is 12.0 Å². The Morgan fingerprint density at radius 2 is 2.29 bits per heavy atom. The topological polar surface area (TPSA) is 17.1 Å². The van der Waals surface area contributed by atoms with Crippen LogP contribution in [0.15, 0.2) is 18.2 Å². The minimum Gasteiger partial charge on any atom is -0.298 e. The Morgan fingerprint density at radius 1 is 1.50 bits per heavy atom. The molecule has 0 unspecified atom stereocenters. The molecule has 72 valence electrons. The van der Waals surface area contributed by atoms with E-state index in [2.05, 4.69) is 24.5 Å². The van der Waals surface area contributed by atoms with E-state index in [1.54, 1.807) is 0 Å². The van der Waals surface area contributed by atoms with Crippen molar-refractivity contribution in [2.24, 2.45) is 0 Å². The first-order chi connectivity index (χ1) is 6.77. The van der Waals surface area contributed by atoms with E-state index in [0.29, 0.717) is 24.0 Å². The Morgan fingerprint density at radius 3 is 2.93 bits per heavy atom. The maximum Gasteiger partial charge on any atom is 0.151 e. The van der Waals surface area contributed by atoms with E-state index in [9.17, 15) is 9.18 Å². The van der Waals surface area contributed by atoms with Crippen LogP contribution in [0.25, 0.3) is 0 Å². The fraction of sp³-hybridized carbons (Fsp3) is 0.182. The SMILES string of the molecule is O=Cc1cc(F)ccc1C#CCCS. The van der Waals surface area contributed by atoms with Crippen molar-refractivity contribution in [1.29, 1.82) is 0 Å². The molecule has 0 aliphatic carbocycles. The van der Waals surface area contributed by atoms with Gasteiger partial charge in [-0.25, -0.2) is 4.39 Å². The number of carbonyl (C=O) groups is 1. The fourth-order valence-electron chi connectivity index (χ4n) is 0.959. The van der Waals surface area contributed by atoms with Gasteiger partial charge in [-0.1, -0.05) is 11.8 Å². The van der Waals surface area contributed by atoms with Crippen LogP contribution in [-0.2, 0) is 0 Å². The molecular formula is C11H9FOS.